The highest BCUT2D eigenvalue weighted by Crippen LogP contribution is 2.29. The molecule has 3 aromatic rings. The van der Waals surface area contributed by atoms with Gasteiger partial charge in [-0.25, -0.2) is 18.5 Å². The second-order valence-corrected chi connectivity index (χ2v) is 7.71. The van der Waals surface area contributed by atoms with E-state index in [0.29, 0.717) is 17.7 Å². The van der Waals surface area contributed by atoms with E-state index in [-0.39, 0.29) is 16.5 Å². The average molecular weight is 414 g/mol. The van der Waals surface area contributed by atoms with E-state index < -0.39 is 28.1 Å². The highest BCUT2D eigenvalue weighted by molar-refractivity contribution is 7.89. The molecule has 0 saturated heterocycles. The van der Waals surface area contributed by atoms with E-state index in [1.165, 1.54) is 18.2 Å². The minimum Gasteiger partial charge on any atom is -0.363 e. The first-order chi connectivity index (χ1) is 13.0. The Morgan fingerprint density at radius 2 is 1.96 bits per heavy atom. The van der Waals surface area contributed by atoms with Gasteiger partial charge in [0.25, 0.3) is 11.6 Å². The van der Waals surface area contributed by atoms with Gasteiger partial charge in [0, 0.05) is 11.8 Å². The Bertz CT molecular complexity index is 1130. The summed E-state index contributed by atoms with van der Waals surface area (Å²) in [5, 5.41) is 11.8. The largest absolute Gasteiger partial charge is 0.453 e. The summed E-state index contributed by atoms with van der Waals surface area (Å²) < 4.78 is 63.0. The first kappa shape index (κ1) is 20.0. The van der Waals surface area contributed by atoms with Crippen LogP contribution in [0.1, 0.15) is 36.5 Å². The Kier molecular flexibility index (Phi) is 5.02. The molecule has 0 radical (unpaired) electrons. The van der Waals surface area contributed by atoms with Gasteiger partial charge in [-0.1, -0.05) is 19.1 Å². The van der Waals surface area contributed by atoms with Crippen molar-refractivity contribution >= 4 is 21.6 Å². The molecule has 2 heterocycles. The number of aromatic nitrogens is 4. The topological polar surface area (TPSA) is 115 Å². The maximum atomic E-state index is 13.0. The lowest BCUT2D eigenvalue weighted by molar-refractivity contribution is -0.144. The zero-order valence-electron chi connectivity index (χ0n) is 14.9. The number of alkyl halides is 3. The van der Waals surface area contributed by atoms with E-state index in [4.69, 9.17) is 5.14 Å². The third-order valence-corrected chi connectivity index (χ3v) is 4.92. The summed E-state index contributed by atoms with van der Waals surface area (Å²) in [5.41, 5.74) is 1.05. The van der Waals surface area contributed by atoms with Gasteiger partial charge < -0.3 is 5.32 Å². The first-order valence-electron chi connectivity index (χ1n) is 8.20. The number of nitrogens with one attached hydrogen (secondary N) is 1. The third-order valence-electron chi connectivity index (χ3n) is 4.01. The standard InChI is InChI=1S/C16H17F3N6O2S/c1-3-12(10-5-4-6-11(8-10)28(20,26)27)22-13-7-9(2)21-15-23-14(16(17,18)19)24-25(13)15/h4-8,12,22H,3H2,1-2H3,(H2,20,26,27). The number of hydrogen-bond donors (Lipinski definition) is 2. The van der Waals surface area contributed by atoms with Crippen molar-refractivity contribution in [2.75, 3.05) is 5.32 Å². The molecule has 0 fully saturated rings. The van der Waals surface area contributed by atoms with Gasteiger partial charge in [0.05, 0.1) is 10.9 Å². The highest BCUT2D eigenvalue weighted by Gasteiger charge is 2.37. The number of sulfonamides is 1. The van der Waals surface area contributed by atoms with Crippen LogP contribution in [0, 0.1) is 6.92 Å². The van der Waals surface area contributed by atoms with Crippen LogP contribution in [0.3, 0.4) is 0 Å². The van der Waals surface area contributed by atoms with Crippen molar-refractivity contribution in [1.82, 2.24) is 19.6 Å². The van der Waals surface area contributed by atoms with Crippen molar-refractivity contribution in [2.45, 2.75) is 37.4 Å². The molecule has 1 unspecified atom stereocenters. The van der Waals surface area contributed by atoms with Crippen molar-refractivity contribution in [3.63, 3.8) is 0 Å². The molecular formula is C16H17F3N6O2S. The minimum atomic E-state index is -4.70. The molecule has 28 heavy (non-hydrogen) atoms. The van der Waals surface area contributed by atoms with Gasteiger partial charge in [0.2, 0.25) is 10.0 Å². The summed E-state index contributed by atoms with van der Waals surface area (Å²) in [6, 6.07) is 7.16. The molecule has 0 amide bonds. The fourth-order valence-corrected chi connectivity index (χ4v) is 3.29. The number of anilines is 1. The Morgan fingerprint density at radius 3 is 2.57 bits per heavy atom. The molecule has 150 valence electrons. The first-order valence-corrected chi connectivity index (χ1v) is 9.74. The third kappa shape index (κ3) is 4.07. The number of nitrogens with two attached hydrogens (primary N) is 1. The molecule has 2 aromatic heterocycles. The van der Waals surface area contributed by atoms with Gasteiger partial charge in [-0.15, -0.1) is 5.10 Å². The molecular weight excluding hydrogens is 397 g/mol. The van der Waals surface area contributed by atoms with E-state index in [2.05, 4.69) is 20.4 Å². The quantitative estimate of drug-likeness (QED) is 0.663. The molecule has 0 aliphatic carbocycles. The molecule has 0 saturated carbocycles. The molecule has 0 bridgehead atoms. The number of halogens is 3. The molecule has 12 heteroatoms. The number of aryl methyl sites for hydroxylation is 1. The zero-order chi connectivity index (χ0) is 20.7. The highest BCUT2D eigenvalue weighted by atomic mass is 32.2. The summed E-state index contributed by atoms with van der Waals surface area (Å²) in [4.78, 5) is 7.36. The summed E-state index contributed by atoms with van der Waals surface area (Å²) in [6.45, 7) is 3.46. The Labute approximate surface area is 158 Å². The summed E-state index contributed by atoms with van der Waals surface area (Å²) in [7, 11) is -3.88. The Morgan fingerprint density at radius 1 is 1.25 bits per heavy atom. The van der Waals surface area contributed by atoms with Gasteiger partial charge in [-0.2, -0.15) is 22.7 Å². The lowest BCUT2D eigenvalue weighted by Gasteiger charge is -2.20. The molecule has 8 nitrogen and oxygen atoms in total. The SMILES string of the molecule is CCC(Nc1cc(C)nc2nc(C(F)(F)F)nn12)c1cccc(S(N)(=O)=O)c1. The predicted octanol–water partition coefficient (Wildman–Crippen LogP) is 2.66. The normalized spacial score (nSPS) is 13.6. The summed E-state index contributed by atoms with van der Waals surface area (Å²) in [6.07, 6.45) is -4.19. The van der Waals surface area contributed by atoms with Crippen molar-refractivity contribution < 1.29 is 21.6 Å². The van der Waals surface area contributed by atoms with Crippen LogP contribution >= 0.6 is 0 Å². The van der Waals surface area contributed by atoms with Gasteiger partial charge in [-0.3, -0.25) is 0 Å². The maximum Gasteiger partial charge on any atom is 0.453 e. The van der Waals surface area contributed by atoms with Crippen LogP contribution in [-0.4, -0.2) is 28.0 Å². The van der Waals surface area contributed by atoms with Crippen LogP contribution in [0.15, 0.2) is 35.2 Å². The minimum absolute atomic E-state index is 0.0542. The number of primary sulfonamides is 1. The van der Waals surface area contributed by atoms with E-state index in [1.807, 2.05) is 6.92 Å². The van der Waals surface area contributed by atoms with E-state index >= 15 is 0 Å². The number of hydrogen-bond acceptors (Lipinski definition) is 6. The monoisotopic (exact) mass is 414 g/mol. The van der Waals surface area contributed by atoms with Gasteiger partial charge in [0.1, 0.15) is 5.82 Å². The number of benzene rings is 1. The second kappa shape index (κ2) is 7.02. The van der Waals surface area contributed by atoms with Crippen molar-refractivity contribution in [2.24, 2.45) is 5.14 Å². The van der Waals surface area contributed by atoms with Crippen molar-refractivity contribution in [3.8, 4) is 0 Å². The number of rotatable bonds is 5. The van der Waals surface area contributed by atoms with Crippen LogP contribution in [0.5, 0.6) is 0 Å². The molecule has 0 aliphatic rings. The fraction of sp³-hybridized carbons (Fsp3) is 0.312. The van der Waals surface area contributed by atoms with Crippen LogP contribution < -0.4 is 10.5 Å². The van der Waals surface area contributed by atoms with Gasteiger partial charge in [-0.05, 0) is 31.0 Å². The van der Waals surface area contributed by atoms with Crippen LogP contribution in [0.2, 0.25) is 0 Å². The molecule has 0 aliphatic heterocycles. The molecule has 3 rings (SSSR count). The maximum absolute atomic E-state index is 13.0. The lowest BCUT2D eigenvalue weighted by Crippen LogP contribution is -2.16. The summed E-state index contributed by atoms with van der Waals surface area (Å²) in [5.74, 6) is -1.24. The molecule has 1 atom stereocenters. The molecule has 3 N–H and O–H groups in total. The van der Waals surface area contributed by atoms with Crippen LogP contribution in [0.25, 0.3) is 5.78 Å². The van der Waals surface area contributed by atoms with Crippen molar-refractivity contribution in [1.29, 1.82) is 0 Å². The zero-order valence-corrected chi connectivity index (χ0v) is 15.7. The Hall–Kier alpha value is -2.73. The molecule has 1 aromatic carbocycles. The fourth-order valence-electron chi connectivity index (χ4n) is 2.72. The van der Waals surface area contributed by atoms with E-state index in [9.17, 15) is 21.6 Å². The molecule has 0 spiro atoms. The van der Waals surface area contributed by atoms with E-state index in [1.54, 1.807) is 19.1 Å². The van der Waals surface area contributed by atoms with Gasteiger partial charge >= 0.3 is 6.18 Å². The van der Waals surface area contributed by atoms with Crippen LogP contribution in [0.4, 0.5) is 19.0 Å². The predicted molar refractivity (Wildman–Crippen MR) is 95.0 cm³/mol. The average Bonchev–Trinajstić information content (AvgIpc) is 3.03. The van der Waals surface area contributed by atoms with E-state index in [0.717, 1.165) is 4.52 Å². The number of fused-ring (bicyclic) bond motifs is 1. The van der Waals surface area contributed by atoms with Gasteiger partial charge in [0.15, 0.2) is 0 Å². The number of nitrogens with zero attached hydrogens (tertiary/aromatic N) is 4. The van der Waals surface area contributed by atoms with Crippen LogP contribution in [-0.2, 0) is 16.2 Å². The summed E-state index contributed by atoms with van der Waals surface area (Å²) >= 11 is 0. The lowest BCUT2D eigenvalue weighted by atomic mass is 10.0. The van der Waals surface area contributed by atoms with Crippen molar-refractivity contribution in [3.05, 3.63) is 47.4 Å². The smallest absolute Gasteiger partial charge is 0.363 e. The second-order valence-electron chi connectivity index (χ2n) is 6.15. The Balaban J connectivity index is 2.04.